The quantitative estimate of drug-likeness (QED) is 0.431. The van der Waals surface area contributed by atoms with Crippen LogP contribution in [0.3, 0.4) is 0 Å². The summed E-state index contributed by atoms with van der Waals surface area (Å²) in [6.45, 7) is 0.383. The molecule has 0 aromatic heterocycles. The smallest absolute Gasteiger partial charge is 0.407 e. The second-order valence-electron chi connectivity index (χ2n) is 8.67. The van der Waals surface area contributed by atoms with Gasteiger partial charge in [0.15, 0.2) is 0 Å². The van der Waals surface area contributed by atoms with E-state index in [0.717, 1.165) is 11.1 Å². The van der Waals surface area contributed by atoms with Crippen LogP contribution in [-0.4, -0.2) is 46.4 Å². The van der Waals surface area contributed by atoms with Crippen LogP contribution >= 0.6 is 0 Å². The molecule has 36 heavy (non-hydrogen) atoms. The number of aliphatic carboxylic acids is 2. The Labute approximate surface area is 208 Å². The lowest BCUT2D eigenvalue weighted by Crippen LogP contribution is -2.50. The van der Waals surface area contributed by atoms with Crippen molar-refractivity contribution >= 4 is 24.1 Å². The molecule has 10 heteroatoms. The third kappa shape index (κ3) is 8.00. The van der Waals surface area contributed by atoms with Crippen molar-refractivity contribution < 1.29 is 38.9 Å². The number of ether oxygens (including phenoxy) is 2. The van der Waals surface area contributed by atoms with Gasteiger partial charge < -0.3 is 30.3 Å². The lowest BCUT2D eigenvalue weighted by molar-refractivity contribution is -0.146. The number of hydrogen-bond acceptors (Lipinski definition) is 6. The first-order valence-corrected chi connectivity index (χ1v) is 11.7. The Bertz CT molecular complexity index is 947. The molecule has 2 aromatic rings. The van der Waals surface area contributed by atoms with Crippen molar-refractivity contribution in [1.82, 2.24) is 10.6 Å². The van der Waals surface area contributed by atoms with Crippen LogP contribution in [0.25, 0.3) is 0 Å². The van der Waals surface area contributed by atoms with E-state index >= 15 is 0 Å². The number of rotatable bonds is 8. The highest BCUT2D eigenvalue weighted by Gasteiger charge is 2.38. The van der Waals surface area contributed by atoms with E-state index in [1.807, 2.05) is 60.7 Å². The predicted octanol–water partition coefficient (Wildman–Crippen LogP) is 3.55. The van der Waals surface area contributed by atoms with Gasteiger partial charge in [0.1, 0.15) is 13.2 Å². The van der Waals surface area contributed by atoms with E-state index in [0.29, 0.717) is 25.7 Å². The lowest BCUT2D eigenvalue weighted by Gasteiger charge is -2.33. The molecular formula is C26H30N2O8. The zero-order chi connectivity index (χ0) is 25.9. The standard InChI is InChI=1S/2C13H15NO4/c2*15-12(16)10-6-7-11(10)14-13(17)18-8-9-4-2-1-3-5-9/h2*1-5,10-11H,6-8H2,(H,14,17)(H,15,16)/t2*10-,11-/m10/s1. The number of alkyl carbamates (subject to hydrolysis) is 2. The predicted molar refractivity (Wildman–Crippen MR) is 128 cm³/mol. The van der Waals surface area contributed by atoms with Crippen LogP contribution in [0.2, 0.25) is 0 Å². The summed E-state index contributed by atoms with van der Waals surface area (Å²) in [5.41, 5.74) is 1.80. The summed E-state index contributed by atoms with van der Waals surface area (Å²) >= 11 is 0. The Balaban J connectivity index is 0.000000201. The van der Waals surface area contributed by atoms with Crippen LogP contribution in [0.5, 0.6) is 0 Å². The summed E-state index contributed by atoms with van der Waals surface area (Å²) in [7, 11) is 0. The number of nitrogens with one attached hydrogen (secondary N) is 2. The minimum Gasteiger partial charge on any atom is -0.481 e. The monoisotopic (exact) mass is 498 g/mol. The number of carbonyl (C=O) groups excluding carboxylic acids is 2. The number of carbonyl (C=O) groups is 4. The van der Waals surface area contributed by atoms with Crippen molar-refractivity contribution in [2.45, 2.75) is 51.0 Å². The molecule has 192 valence electrons. The molecule has 0 unspecified atom stereocenters. The Morgan fingerprint density at radius 1 is 0.639 bits per heavy atom. The molecule has 0 aliphatic heterocycles. The van der Waals surface area contributed by atoms with E-state index in [4.69, 9.17) is 19.7 Å². The van der Waals surface area contributed by atoms with Crippen molar-refractivity contribution in [2.24, 2.45) is 11.8 Å². The number of carboxylic acid groups (broad SMARTS) is 2. The van der Waals surface area contributed by atoms with Crippen molar-refractivity contribution in [1.29, 1.82) is 0 Å². The topological polar surface area (TPSA) is 151 Å². The first kappa shape index (κ1) is 26.5. The fraction of sp³-hybridized carbons (Fsp3) is 0.385. The van der Waals surface area contributed by atoms with Crippen LogP contribution in [0.4, 0.5) is 9.59 Å². The average Bonchev–Trinajstić information content (AvgIpc) is 2.83. The summed E-state index contributed by atoms with van der Waals surface area (Å²) in [5.74, 6) is -2.69. The molecule has 2 aliphatic carbocycles. The van der Waals surface area contributed by atoms with E-state index < -0.39 is 36.0 Å². The summed E-state index contributed by atoms with van der Waals surface area (Å²) in [5, 5.41) is 22.8. The second-order valence-corrected chi connectivity index (χ2v) is 8.67. The van der Waals surface area contributed by atoms with Crippen molar-refractivity contribution in [3.63, 3.8) is 0 Å². The van der Waals surface area contributed by atoms with Gasteiger partial charge in [0.05, 0.1) is 11.8 Å². The van der Waals surface area contributed by atoms with Crippen molar-refractivity contribution in [2.75, 3.05) is 0 Å². The molecule has 4 atom stereocenters. The van der Waals surface area contributed by atoms with Gasteiger partial charge in [-0.1, -0.05) is 60.7 Å². The van der Waals surface area contributed by atoms with Gasteiger partial charge in [-0.15, -0.1) is 0 Å². The van der Waals surface area contributed by atoms with Crippen molar-refractivity contribution in [3.05, 3.63) is 71.8 Å². The van der Waals surface area contributed by atoms with Crippen LogP contribution in [0.1, 0.15) is 36.8 Å². The highest BCUT2D eigenvalue weighted by Crippen LogP contribution is 2.28. The van der Waals surface area contributed by atoms with Gasteiger partial charge in [0.2, 0.25) is 0 Å². The molecule has 0 saturated heterocycles. The SMILES string of the molecule is O=C(N[C@@H]1CC[C@H]1C(=O)O)OCc1ccccc1.O=C(N[C@H]1CC[C@@H]1C(=O)O)OCc1ccccc1. The third-order valence-electron chi connectivity index (χ3n) is 6.22. The minimum atomic E-state index is -0.866. The van der Waals surface area contributed by atoms with Gasteiger partial charge >= 0.3 is 24.1 Å². The van der Waals surface area contributed by atoms with Gasteiger partial charge in [-0.2, -0.15) is 0 Å². The molecule has 0 spiro atoms. The van der Waals surface area contributed by atoms with Gasteiger partial charge in [-0.05, 0) is 36.8 Å². The zero-order valence-electron chi connectivity index (χ0n) is 19.7. The van der Waals surface area contributed by atoms with Crippen molar-refractivity contribution in [3.8, 4) is 0 Å². The average molecular weight is 499 g/mol. The molecule has 2 fully saturated rings. The number of carboxylic acids is 2. The summed E-state index contributed by atoms with van der Waals surface area (Å²) in [6.07, 6.45) is 1.48. The maximum atomic E-state index is 11.5. The Hall–Kier alpha value is -4.08. The number of amides is 2. The van der Waals surface area contributed by atoms with Gasteiger partial charge in [-0.3, -0.25) is 9.59 Å². The maximum Gasteiger partial charge on any atom is 0.407 e. The first-order chi connectivity index (χ1) is 17.3. The normalized spacial score (nSPS) is 21.8. The van der Waals surface area contributed by atoms with E-state index in [-0.39, 0.29) is 25.3 Å². The minimum absolute atomic E-state index is 0.192. The van der Waals surface area contributed by atoms with Crippen LogP contribution in [0.15, 0.2) is 60.7 Å². The van der Waals surface area contributed by atoms with Crippen LogP contribution in [0, 0.1) is 11.8 Å². The first-order valence-electron chi connectivity index (χ1n) is 11.7. The van der Waals surface area contributed by atoms with E-state index in [1.165, 1.54) is 0 Å². The Morgan fingerprint density at radius 3 is 1.28 bits per heavy atom. The molecule has 2 aliphatic rings. The molecule has 10 nitrogen and oxygen atoms in total. The third-order valence-corrected chi connectivity index (χ3v) is 6.22. The fourth-order valence-corrected chi connectivity index (χ4v) is 3.77. The zero-order valence-corrected chi connectivity index (χ0v) is 19.7. The molecule has 2 aromatic carbocycles. The molecule has 0 bridgehead atoms. The van der Waals surface area contributed by atoms with Gasteiger partial charge in [-0.25, -0.2) is 9.59 Å². The fourth-order valence-electron chi connectivity index (χ4n) is 3.77. The van der Waals surface area contributed by atoms with Gasteiger partial charge in [0.25, 0.3) is 0 Å². The van der Waals surface area contributed by atoms with Crippen LogP contribution < -0.4 is 10.6 Å². The molecule has 0 radical (unpaired) electrons. The van der Waals surface area contributed by atoms with E-state index in [1.54, 1.807) is 0 Å². The number of hydrogen-bond donors (Lipinski definition) is 4. The largest absolute Gasteiger partial charge is 0.481 e. The Morgan fingerprint density at radius 2 is 1.00 bits per heavy atom. The lowest BCUT2D eigenvalue weighted by atomic mass is 9.80. The van der Waals surface area contributed by atoms with E-state index in [9.17, 15) is 19.2 Å². The molecular weight excluding hydrogens is 468 g/mol. The molecule has 4 N–H and O–H groups in total. The summed E-state index contributed by atoms with van der Waals surface area (Å²) in [6, 6.07) is 18.1. The molecule has 4 rings (SSSR count). The highest BCUT2D eigenvalue weighted by molar-refractivity contribution is 5.75. The molecule has 2 saturated carbocycles. The molecule has 2 amide bonds. The second kappa shape index (κ2) is 13.1. The van der Waals surface area contributed by atoms with E-state index in [2.05, 4.69) is 10.6 Å². The van der Waals surface area contributed by atoms with Gasteiger partial charge in [0, 0.05) is 12.1 Å². The Kier molecular flexibility index (Phi) is 9.67. The maximum absolute atomic E-state index is 11.5. The number of benzene rings is 2. The van der Waals surface area contributed by atoms with Crippen LogP contribution in [-0.2, 0) is 32.3 Å². The highest BCUT2D eigenvalue weighted by atomic mass is 16.6. The summed E-state index contributed by atoms with van der Waals surface area (Å²) < 4.78 is 10.0. The summed E-state index contributed by atoms with van der Waals surface area (Å²) in [4.78, 5) is 44.4. The molecule has 0 heterocycles.